The van der Waals surface area contributed by atoms with Crippen LogP contribution in [0.2, 0.25) is 0 Å². The molecule has 2 heterocycles. The molecule has 0 spiro atoms. The second-order valence-corrected chi connectivity index (χ2v) is 8.58. The van der Waals surface area contributed by atoms with Gasteiger partial charge in [-0.3, -0.25) is 4.79 Å². The van der Waals surface area contributed by atoms with Crippen molar-refractivity contribution in [3.05, 3.63) is 40.0 Å². The summed E-state index contributed by atoms with van der Waals surface area (Å²) < 4.78 is 5.71. The van der Waals surface area contributed by atoms with Gasteiger partial charge in [-0.1, -0.05) is 29.5 Å². The maximum absolute atomic E-state index is 12.5. The van der Waals surface area contributed by atoms with Gasteiger partial charge in [0.1, 0.15) is 4.88 Å². The standard InChI is InChI=1S/C18H20N4O2S2/c1-9-6-7-14(10(2)8-9)20-16(23)12(4)25-18-22-21-17(24-18)15-11(3)19-13(5)26-15/h6-8,12H,1-5H3,(H,20,23). The Morgan fingerprint density at radius 3 is 2.65 bits per heavy atom. The van der Waals surface area contributed by atoms with E-state index in [1.165, 1.54) is 23.1 Å². The quantitative estimate of drug-likeness (QED) is 0.646. The fourth-order valence-electron chi connectivity index (χ4n) is 2.47. The highest BCUT2D eigenvalue weighted by Crippen LogP contribution is 2.32. The van der Waals surface area contributed by atoms with Crippen molar-refractivity contribution in [3.63, 3.8) is 0 Å². The van der Waals surface area contributed by atoms with Crippen LogP contribution >= 0.6 is 23.1 Å². The Hall–Kier alpha value is -2.19. The third kappa shape index (κ3) is 4.13. The van der Waals surface area contributed by atoms with Gasteiger partial charge >= 0.3 is 0 Å². The first-order valence-corrected chi connectivity index (χ1v) is 9.86. The average Bonchev–Trinajstić information content (AvgIpc) is 3.15. The largest absolute Gasteiger partial charge is 0.410 e. The van der Waals surface area contributed by atoms with E-state index in [2.05, 4.69) is 20.5 Å². The summed E-state index contributed by atoms with van der Waals surface area (Å²) in [4.78, 5) is 17.7. The molecule has 1 atom stereocenters. The van der Waals surface area contributed by atoms with Crippen LogP contribution < -0.4 is 5.32 Å². The Morgan fingerprint density at radius 1 is 1.23 bits per heavy atom. The summed E-state index contributed by atoms with van der Waals surface area (Å²) in [6, 6.07) is 5.93. The van der Waals surface area contributed by atoms with Gasteiger partial charge < -0.3 is 9.73 Å². The van der Waals surface area contributed by atoms with Gasteiger partial charge in [0.25, 0.3) is 11.1 Å². The van der Waals surface area contributed by atoms with Crippen LogP contribution in [0.4, 0.5) is 5.69 Å². The number of hydrogen-bond donors (Lipinski definition) is 1. The second-order valence-electron chi connectivity index (χ2n) is 6.09. The molecule has 0 aliphatic carbocycles. The van der Waals surface area contributed by atoms with Crippen molar-refractivity contribution >= 4 is 34.7 Å². The summed E-state index contributed by atoms with van der Waals surface area (Å²) in [6.45, 7) is 9.67. The van der Waals surface area contributed by atoms with Crippen LogP contribution in [0.1, 0.15) is 28.8 Å². The van der Waals surface area contributed by atoms with Gasteiger partial charge in [0.05, 0.1) is 16.0 Å². The van der Waals surface area contributed by atoms with Crippen molar-refractivity contribution < 1.29 is 9.21 Å². The van der Waals surface area contributed by atoms with E-state index < -0.39 is 0 Å². The molecule has 0 fully saturated rings. The van der Waals surface area contributed by atoms with E-state index in [9.17, 15) is 4.79 Å². The van der Waals surface area contributed by atoms with Crippen molar-refractivity contribution in [3.8, 4) is 10.8 Å². The number of nitrogens with one attached hydrogen (secondary N) is 1. The lowest BCUT2D eigenvalue weighted by atomic mass is 10.1. The fraction of sp³-hybridized carbons (Fsp3) is 0.333. The Morgan fingerprint density at radius 2 is 2.00 bits per heavy atom. The average molecular weight is 389 g/mol. The summed E-state index contributed by atoms with van der Waals surface area (Å²) in [6.07, 6.45) is 0. The smallest absolute Gasteiger partial charge is 0.277 e. The molecular weight excluding hydrogens is 368 g/mol. The molecule has 0 bridgehead atoms. The van der Waals surface area contributed by atoms with Crippen molar-refractivity contribution in [2.75, 3.05) is 5.32 Å². The molecule has 0 radical (unpaired) electrons. The number of aromatic nitrogens is 3. The van der Waals surface area contributed by atoms with Crippen LogP contribution in [-0.2, 0) is 4.79 Å². The number of aryl methyl sites for hydroxylation is 4. The topological polar surface area (TPSA) is 80.9 Å². The van der Waals surface area contributed by atoms with Crippen LogP contribution in [-0.4, -0.2) is 26.3 Å². The summed E-state index contributed by atoms with van der Waals surface area (Å²) in [5.41, 5.74) is 3.88. The van der Waals surface area contributed by atoms with Crippen LogP contribution in [0.5, 0.6) is 0 Å². The van der Waals surface area contributed by atoms with Crippen LogP contribution in [0, 0.1) is 27.7 Å². The van der Waals surface area contributed by atoms with E-state index >= 15 is 0 Å². The van der Waals surface area contributed by atoms with Gasteiger partial charge in [0, 0.05) is 5.69 Å². The maximum Gasteiger partial charge on any atom is 0.277 e. The third-order valence-electron chi connectivity index (χ3n) is 3.79. The molecule has 2 aromatic heterocycles. The minimum Gasteiger partial charge on any atom is -0.410 e. The first kappa shape index (κ1) is 18.6. The lowest BCUT2D eigenvalue weighted by molar-refractivity contribution is -0.115. The third-order valence-corrected chi connectivity index (χ3v) is 5.79. The highest BCUT2D eigenvalue weighted by atomic mass is 32.2. The van der Waals surface area contributed by atoms with Gasteiger partial charge in [-0.15, -0.1) is 21.5 Å². The van der Waals surface area contributed by atoms with Gasteiger partial charge in [-0.05, 0) is 46.2 Å². The number of carbonyl (C=O) groups is 1. The molecule has 0 saturated carbocycles. The van der Waals surface area contributed by atoms with Crippen LogP contribution in [0.3, 0.4) is 0 Å². The normalized spacial score (nSPS) is 12.2. The molecule has 1 amide bonds. The van der Waals surface area contributed by atoms with Crippen molar-refractivity contribution in [1.29, 1.82) is 0 Å². The number of amides is 1. The molecule has 3 aromatic rings. The van der Waals surface area contributed by atoms with E-state index in [0.717, 1.165) is 32.4 Å². The van der Waals surface area contributed by atoms with E-state index in [0.29, 0.717) is 11.1 Å². The van der Waals surface area contributed by atoms with E-state index in [1.54, 1.807) is 0 Å². The molecular formula is C18H20N4O2S2. The molecule has 8 heteroatoms. The van der Waals surface area contributed by atoms with E-state index in [1.807, 2.05) is 52.8 Å². The van der Waals surface area contributed by atoms with Crippen LogP contribution in [0.15, 0.2) is 27.8 Å². The maximum atomic E-state index is 12.5. The minimum absolute atomic E-state index is 0.105. The Balaban J connectivity index is 1.67. The lowest BCUT2D eigenvalue weighted by Gasteiger charge is -2.12. The summed E-state index contributed by atoms with van der Waals surface area (Å²) in [5, 5.41) is 12.0. The summed E-state index contributed by atoms with van der Waals surface area (Å²) in [5.74, 6) is 0.337. The zero-order valence-electron chi connectivity index (χ0n) is 15.3. The molecule has 0 aliphatic heterocycles. The summed E-state index contributed by atoms with van der Waals surface area (Å²) >= 11 is 2.75. The van der Waals surface area contributed by atoms with Gasteiger partial charge in [0.2, 0.25) is 5.91 Å². The Kier molecular flexibility index (Phi) is 5.43. The zero-order valence-corrected chi connectivity index (χ0v) is 16.9. The molecule has 1 aromatic carbocycles. The molecule has 0 saturated heterocycles. The molecule has 3 rings (SSSR count). The SMILES string of the molecule is Cc1ccc(NC(=O)C(C)Sc2nnc(-c3sc(C)nc3C)o2)c(C)c1. The number of thiazole rings is 1. The number of nitrogens with zero attached hydrogens (tertiary/aromatic N) is 3. The Labute approximate surface area is 160 Å². The molecule has 1 unspecified atom stereocenters. The van der Waals surface area contributed by atoms with Crippen molar-refractivity contribution in [2.45, 2.75) is 45.1 Å². The zero-order chi connectivity index (χ0) is 18.8. The number of anilines is 1. The number of thioether (sulfide) groups is 1. The van der Waals surface area contributed by atoms with Gasteiger partial charge in [0.15, 0.2) is 0 Å². The first-order chi connectivity index (χ1) is 12.3. The van der Waals surface area contributed by atoms with Crippen LogP contribution in [0.25, 0.3) is 10.8 Å². The monoisotopic (exact) mass is 388 g/mol. The number of benzene rings is 1. The fourth-order valence-corrected chi connectivity index (χ4v) is 4.00. The predicted octanol–water partition coefficient (Wildman–Crippen LogP) is 4.55. The van der Waals surface area contributed by atoms with E-state index in [-0.39, 0.29) is 11.2 Å². The molecule has 0 aliphatic rings. The van der Waals surface area contributed by atoms with Crippen molar-refractivity contribution in [2.24, 2.45) is 0 Å². The minimum atomic E-state index is -0.367. The number of carbonyl (C=O) groups excluding carboxylic acids is 1. The second kappa shape index (κ2) is 7.59. The molecule has 1 N–H and O–H groups in total. The van der Waals surface area contributed by atoms with Gasteiger partial charge in [-0.25, -0.2) is 4.98 Å². The molecule has 136 valence electrons. The first-order valence-electron chi connectivity index (χ1n) is 8.16. The lowest BCUT2D eigenvalue weighted by Crippen LogP contribution is -2.22. The van der Waals surface area contributed by atoms with Crippen molar-refractivity contribution in [1.82, 2.24) is 15.2 Å². The number of hydrogen-bond acceptors (Lipinski definition) is 7. The Bertz CT molecular complexity index is 949. The highest BCUT2D eigenvalue weighted by Gasteiger charge is 2.21. The molecule has 6 nitrogen and oxygen atoms in total. The number of rotatable bonds is 5. The summed E-state index contributed by atoms with van der Waals surface area (Å²) in [7, 11) is 0. The predicted molar refractivity (Wildman–Crippen MR) is 105 cm³/mol. The molecule has 26 heavy (non-hydrogen) atoms. The highest BCUT2D eigenvalue weighted by molar-refractivity contribution is 8.00. The van der Waals surface area contributed by atoms with Gasteiger partial charge in [-0.2, -0.15) is 0 Å². The van der Waals surface area contributed by atoms with E-state index in [4.69, 9.17) is 4.42 Å².